The first-order valence-electron chi connectivity index (χ1n) is 5.26. The van der Waals surface area contributed by atoms with Gasteiger partial charge in [0, 0.05) is 6.20 Å². The van der Waals surface area contributed by atoms with Gasteiger partial charge in [0.05, 0.1) is 5.69 Å². The molecule has 1 aliphatic rings. The molecule has 2 aromatic rings. The number of fused-ring (bicyclic) bond motifs is 2. The van der Waals surface area contributed by atoms with Crippen molar-refractivity contribution in [3.05, 3.63) is 65.0 Å². The molecule has 1 aliphatic carbocycles. The van der Waals surface area contributed by atoms with Crippen LogP contribution in [0.4, 0.5) is 0 Å². The third kappa shape index (κ3) is 1.35. The van der Waals surface area contributed by atoms with E-state index in [9.17, 15) is 5.11 Å². The summed E-state index contributed by atoms with van der Waals surface area (Å²) >= 11 is 0. The van der Waals surface area contributed by atoms with Gasteiger partial charge < -0.3 is 5.11 Å². The van der Waals surface area contributed by atoms with Crippen LogP contribution in [0.1, 0.15) is 28.5 Å². The lowest BCUT2D eigenvalue weighted by Gasteiger charge is -2.12. The number of aliphatic hydroxyl groups is 1. The van der Waals surface area contributed by atoms with Gasteiger partial charge in [0.15, 0.2) is 0 Å². The van der Waals surface area contributed by atoms with E-state index >= 15 is 0 Å². The number of aromatic nitrogens is 1. The predicted molar refractivity (Wildman–Crippen MR) is 63.7 cm³/mol. The minimum Gasteiger partial charge on any atom is -0.382 e. The monoisotopic (exact) mass is 209 g/mol. The van der Waals surface area contributed by atoms with Gasteiger partial charge in [-0.1, -0.05) is 42.5 Å². The van der Waals surface area contributed by atoms with E-state index in [1.807, 2.05) is 48.6 Å². The summed E-state index contributed by atoms with van der Waals surface area (Å²) in [6, 6.07) is 11.7. The minimum atomic E-state index is -0.637. The van der Waals surface area contributed by atoms with Crippen molar-refractivity contribution in [3.8, 4) is 0 Å². The molecule has 0 bridgehead atoms. The lowest BCUT2D eigenvalue weighted by Crippen LogP contribution is -2.04. The number of aliphatic hydroxyl groups excluding tert-OH is 1. The molecule has 0 amide bonds. The van der Waals surface area contributed by atoms with Gasteiger partial charge in [0.1, 0.15) is 6.10 Å². The summed E-state index contributed by atoms with van der Waals surface area (Å²) in [5, 5.41) is 10.3. The summed E-state index contributed by atoms with van der Waals surface area (Å²) in [5.74, 6) is 0. The van der Waals surface area contributed by atoms with Crippen LogP contribution in [-0.4, -0.2) is 10.1 Å². The van der Waals surface area contributed by atoms with Crippen LogP contribution in [0.3, 0.4) is 0 Å². The molecule has 78 valence electrons. The second kappa shape index (κ2) is 3.58. The van der Waals surface area contributed by atoms with Crippen LogP contribution in [0.5, 0.6) is 0 Å². The molecule has 1 heterocycles. The molecule has 16 heavy (non-hydrogen) atoms. The largest absolute Gasteiger partial charge is 0.382 e. The van der Waals surface area contributed by atoms with Crippen LogP contribution in [0, 0.1) is 0 Å². The molecule has 1 aromatic heterocycles. The molecule has 1 N–H and O–H groups in total. The van der Waals surface area contributed by atoms with Crippen LogP contribution in [0.15, 0.2) is 42.6 Å². The normalized spacial score (nSPS) is 17.4. The summed E-state index contributed by atoms with van der Waals surface area (Å²) in [7, 11) is 0. The number of hydrogen-bond acceptors (Lipinski definition) is 2. The Kier molecular flexibility index (Phi) is 2.08. The molecule has 0 fully saturated rings. The van der Waals surface area contributed by atoms with Gasteiger partial charge >= 0.3 is 0 Å². The van der Waals surface area contributed by atoms with Crippen molar-refractivity contribution < 1.29 is 5.11 Å². The number of rotatable bonds is 0. The molecule has 1 atom stereocenters. The SMILES string of the molecule is OC1c2ccccc2C=Cc2cccnc21. The highest BCUT2D eigenvalue weighted by Gasteiger charge is 2.19. The molecule has 1 aromatic carbocycles. The van der Waals surface area contributed by atoms with Gasteiger partial charge in [-0.05, 0) is 22.8 Å². The summed E-state index contributed by atoms with van der Waals surface area (Å²) in [6.07, 6.45) is 5.09. The van der Waals surface area contributed by atoms with E-state index in [1.165, 1.54) is 0 Å². The van der Waals surface area contributed by atoms with E-state index in [2.05, 4.69) is 4.98 Å². The summed E-state index contributed by atoms with van der Waals surface area (Å²) in [5.41, 5.74) is 3.67. The Morgan fingerprint density at radius 3 is 2.62 bits per heavy atom. The van der Waals surface area contributed by atoms with Crippen LogP contribution in [0.25, 0.3) is 12.2 Å². The maximum absolute atomic E-state index is 10.3. The number of benzene rings is 1. The third-order valence-corrected chi connectivity index (χ3v) is 2.86. The van der Waals surface area contributed by atoms with Gasteiger partial charge in [-0.15, -0.1) is 0 Å². The molecule has 2 heteroatoms. The molecule has 0 saturated heterocycles. The maximum Gasteiger partial charge on any atom is 0.122 e. The van der Waals surface area contributed by atoms with Crippen molar-refractivity contribution in [3.63, 3.8) is 0 Å². The molecule has 2 nitrogen and oxygen atoms in total. The predicted octanol–water partition coefficient (Wildman–Crippen LogP) is 2.65. The van der Waals surface area contributed by atoms with E-state index < -0.39 is 6.10 Å². The van der Waals surface area contributed by atoms with Crippen molar-refractivity contribution in [2.75, 3.05) is 0 Å². The second-order valence-corrected chi connectivity index (χ2v) is 3.84. The van der Waals surface area contributed by atoms with Crippen molar-refractivity contribution in [2.24, 2.45) is 0 Å². The number of pyridine rings is 1. The molecular formula is C14H11NO. The Balaban J connectivity index is 2.26. The standard InChI is InChI=1S/C14H11NO/c16-14-12-6-2-1-4-10(12)7-8-11-5-3-9-15-13(11)14/h1-9,14,16H. The molecule has 0 aliphatic heterocycles. The zero-order chi connectivity index (χ0) is 11.0. The third-order valence-electron chi connectivity index (χ3n) is 2.86. The van der Waals surface area contributed by atoms with E-state index in [0.29, 0.717) is 0 Å². The van der Waals surface area contributed by atoms with E-state index in [0.717, 1.165) is 22.4 Å². The first-order valence-corrected chi connectivity index (χ1v) is 5.26. The fourth-order valence-corrected chi connectivity index (χ4v) is 2.04. The average Bonchev–Trinajstić information content (AvgIpc) is 2.49. The van der Waals surface area contributed by atoms with Gasteiger partial charge in [-0.3, -0.25) is 4.98 Å². The van der Waals surface area contributed by atoms with Crippen molar-refractivity contribution in [1.82, 2.24) is 4.98 Å². The molecule has 0 radical (unpaired) electrons. The Morgan fingerprint density at radius 2 is 1.69 bits per heavy atom. The molecular weight excluding hydrogens is 198 g/mol. The Labute approximate surface area is 93.9 Å². The smallest absolute Gasteiger partial charge is 0.122 e. The average molecular weight is 209 g/mol. The summed E-state index contributed by atoms with van der Waals surface area (Å²) in [6.45, 7) is 0. The molecule has 0 saturated carbocycles. The second-order valence-electron chi connectivity index (χ2n) is 3.84. The number of hydrogen-bond donors (Lipinski definition) is 1. The van der Waals surface area contributed by atoms with Crippen molar-refractivity contribution in [1.29, 1.82) is 0 Å². The van der Waals surface area contributed by atoms with Crippen LogP contribution in [-0.2, 0) is 0 Å². The highest BCUT2D eigenvalue weighted by molar-refractivity contribution is 5.75. The van der Waals surface area contributed by atoms with Gasteiger partial charge in [0.25, 0.3) is 0 Å². The fourth-order valence-electron chi connectivity index (χ4n) is 2.04. The van der Waals surface area contributed by atoms with Crippen LogP contribution >= 0.6 is 0 Å². The lowest BCUT2D eigenvalue weighted by atomic mass is 10.0. The van der Waals surface area contributed by atoms with Gasteiger partial charge in [-0.2, -0.15) is 0 Å². The van der Waals surface area contributed by atoms with Crippen molar-refractivity contribution in [2.45, 2.75) is 6.10 Å². The summed E-state index contributed by atoms with van der Waals surface area (Å²) in [4.78, 5) is 4.26. The molecule has 0 spiro atoms. The Hall–Kier alpha value is -1.93. The zero-order valence-electron chi connectivity index (χ0n) is 8.67. The van der Waals surface area contributed by atoms with Gasteiger partial charge in [0.2, 0.25) is 0 Å². The molecule has 1 unspecified atom stereocenters. The summed E-state index contributed by atoms with van der Waals surface area (Å²) < 4.78 is 0. The minimum absolute atomic E-state index is 0.637. The zero-order valence-corrected chi connectivity index (χ0v) is 8.67. The lowest BCUT2D eigenvalue weighted by molar-refractivity contribution is 0.215. The quantitative estimate of drug-likeness (QED) is 0.723. The van der Waals surface area contributed by atoms with Gasteiger partial charge in [-0.25, -0.2) is 0 Å². The van der Waals surface area contributed by atoms with E-state index in [4.69, 9.17) is 0 Å². The van der Waals surface area contributed by atoms with Crippen molar-refractivity contribution >= 4 is 12.2 Å². The Bertz CT molecular complexity index is 511. The highest BCUT2D eigenvalue weighted by atomic mass is 16.3. The topological polar surface area (TPSA) is 33.1 Å². The number of nitrogens with zero attached hydrogens (tertiary/aromatic N) is 1. The highest BCUT2D eigenvalue weighted by Crippen LogP contribution is 2.30. The van der Waals surface area contributed by atoms with Crippen LogP contribution in [0.2, 0.25) is 0 Å². The maximum atomic E-state index is 10.3. The Morgan fingerprint density at radius 1 is 0.938 bits per heavy atom. The first kappa shape index (κ1) is 9.31. The first-order chi connectivity index (χ1) is 7.86. The van der Waals surface area contributed by atoms with E-state index in [-0.39, 0.29) is 0 Å². The van der Waals surface area contributed by atoms with E-state index in [1.54, 1.807) is 6.20 Å². The fraction of sp³-hybridized carbons (Fsp3) is 0.0714. The molecule has 3 rings (SSSR count). The van der Waals surface area contributed by atoms with Crippen LogP contribution < -0.4 is 0 Å².